The zero-order valence-corrected chi connectivity index (χ0v) is 15.8. The predicted octanol–water partition coefficient (Wildman–Crippen LogP) is 2.52. The smallest absolute Gasteiger partial charge is 0.251 e. The molecule has 6 heteroatoms. The lowest BCUT2D eigenvalue weighted by molar-refractivity contribution is 0.0204. The number of methoxy groups -OCH3 is 1. The van der Waals surface area contributed by atoms with Crippen molar-refractivity contribution in [3.8, 4) is 22.6 Å². The highest BCUT2D eigenvalue weighted by molar-refractivity contribution is 5.95. The Hall–Kier alpha value is -2.57. The van der Waals surface area contributed by atoms with Gasteiger partial charge in [-0.25, -0.2) is 0 Å². The Morgan fingerprint density at radius 1 is 1.22 bits per heavy atom. The molecule has 1 atom stereocenters. The first-order valence-electron chi connectivity index (χ1n) is 9.16. The number of hydrogen-bond donors (Lipinski definition) is 2. The summed E-state index contributed by atoms with van der Waals surface area (Å²) in [5, 5.41) is 12.8. The Morgan fingerprint density at radius 2 is 1.96 bits per heavy atom. The molecule has 1 heterocycles. The van der Waals surface area contributed by atoms with E-state index in [9.17, 15) is 9.90 Å². The molecule has 0 aliphatic carbocycles. The van der Waals surface area contributed by atoms with Gasteiger partial charge in [0.15, 0.2) is 11.5 Å². The minimum atomic E-state index is -0.0947. The topological polar surface area (TPSA) is 71.0 Å². The molecule has 0 radical (unpaired) electrons. The molecule has 144 valence electrons. The highest BCUT2D eigenvalue weighted by Crippen LogP contribution is 2.31. The van der Waals surface area contributed by atoms with Gasteiger partial charge in [0.1, 0.15) is 0 Å². The summed E-state index contributed by atoms with van der Waals surface area (Å²) in [6.07, 6.45) is 0. The number of hydrogen-bond acceptors (Lipinski definition) is 5. The number of carbonyl (C=O) groups is 1. The van der Waals surface area contributed by atoms with E-state index in [1.165, 1.54) is 7.11 Å². The summed E-state index contributed by atoms with van der Waals surface area (Å²) in [5.74, 6) is 0.400. The van der Waals surface area contributed by atoms with Gasteiger partial charge in [-0.05, 0) is 42.3 Å². The zero-order valence-electron chi connectivity index (χ0n) is 15.8. The molecule has 1 aliphatic rings. The van der Waals surface area contributed by atoms with E-state index >= 15 is 0 Å². The number of carbonyl (C=O) groups excluding carboxylic acids is 1. The van der Waals surface area contributed by atoms with Gasteiger partial charge in [-0.3, -0.25) is 9.69 Å². The Balaban J connectivity index is 1.66. The van der Waals surface area contributed by atoms with Gasteiger partial charge in [0.25, 0.3) is 5.91 Å². The number of nitrogens with zero attached hydrogens (tertiary/aromatic N) is 1. The molecule has 0 unspecified atom stereocenters. The van der Waals surface area contributed by atoms with Gasteiger partial charge in [-0.15, -0.1) is 0 Å². The largest absolute Gasteiger partial charge is 0.504 e. The van der Waals surface area contributed by atoms with E-state index < -0.39 is 0 Å². The van der Waals surface area contributed by atoms with Crippen molar-refractivity contribution in [2.24, 2.45) is 0 Å². The highest BCUT2D eigenvalue weighted by Gasteiger charge is 2.18. The van der Waals surface area contributed by atoms with Crippen molar-refractivity contribution in [1.82, 2.24) is 10.2 Å². The van der Waals surface area contributed by atoms with Crippen molar-refractivity contribution in [2.75, 3.05) is 40.0 Å². The van der Waals surface area contributed by atoms with Crippen LogP contribution in [0.1, 0.15) is 17.3 Å². The molecular weight excluding hydrogens is 344 g/mol. The molecule has 1 aliphatic heterocycles. The van der Waals surface area contributed by atoms with Gasteiger partial charge in [0, 0.05) is 31.2 Å². The fraction of sp³-hybridized carbons (Fsp3) is 0.381. The van der Waals surface area contributed by atoms with Crippen molar-refractivity contribution in [3.63, 3.8) is 0 Å². The fourth-order valence-electron chi connectivity index (χ4n) is 3.19. The van der Waals surface area contributed by atoms with Gasteiger partial charge < -0.3 is 19.9 Å². The minimum Gasteiger partial charge on any atom is -0.504 e. The predicted molar refractivity (Wildman–Crippen MR) is 104 cm³/mol. The lowest BCUT2D eigenvalue weighted by Gasteiger charge is -2.32. The maximum Gasteiger partial charge on any atom is 0.251 e. The van der Waals surface area contributed by atoms with Gasteiger partial charge in [-0.1, -0.05) is 18.2 Å². The molecule has 1 saturated heterocycles. The van der Waals surface area contributed by atoms with Crippen molar-refractivity contribution >= 4 is 5.91 Å². The summed E-state index contributed by atoms with van der Waals surface area (Å²) >= 11 is 0. The third-order valence-corrected chi connectivity index (χ3v) is 4.86. The molecule has 0 aromatic heterocycles. The van der Waals surface area contributed by atoms with Crippen LogP contribution in [0.4, 0.5) is 0 Å². The molecule has 0 spiro atoms. The third-order valence-electron chi connectivity index (χ3n) is 4.86. The van der Waals surface area contributed by atoms with Crippen LogP contribution in [0.15, 0.2) is 42.5 Å². The molecule has 1 amide bonds. The molecule has 0 bridgehead atoms. The SMILES string of the molecule is COc1cc(-c2cccc(C(=O)NC[C@@H](C)N3CCOCC3)c2)ccc1O. The van der Waals surface area contributed by atoms with E-state index in [1.54, 1.807) is 24.3 Å². The van der Waals surface area contributed by atoms with Crippen LogP contribution in [0.2, 0.25) is 0 Å². The van der Waals surface area contributed by atoms with Crippen LogP contribution in [0.5, 0.6) is 11.5 Å². The van der Waals surface area contributed by atoms with E-state index in [-0.39, 0.29) is 17.7 Å². The number of rotatable bonds is 6. The third kappa shape index (κ3) is 4.78. The van der Waals surface area contributed by atoms with Crippen LogP contribution < -0.4 is 10.1 Å². The summed E-state index contributed by atoms with van der Waals surface area (Å²) < 4.78 is 10.5. The average Bonchev–Trinajstić information content (AvgIpc) is 2.72. The fourth-order valence-corrected chi connectivity index (χ4v) is 3.19. The lowest BCUT2D eigenvalue weighted by atomic mass is 10.0. The van der Waals surface area contributed by atoms with E-state index in [2.05, 4.69) is 17.1 Å². The number of morpholine rings is 1. The van der Waals surface area contributed by atoms with Gasteiger partial charge in [0.05, 0.1) is 20.3 Å². The first-order valence-corrected chi connectivity index (χ1v) is 9.16. The summed E-state index contributed by atoms with van der Waals surface area (Å²) in [5.41, 5.74) is 2.37. The Bertz CT molecular complexity index is 788. The Labute approximate surface area is 159 Å². The second-order valence-corrected chi connectivity index (χ2v) is 6.67. The number of benzene rings is 2. The van der Waals surface area contributed by atoms with E-state index in [1.807, 2.05) is 18.2 Å². The van der Waals surface area contributed by atoms with Crippen LogP contribution in [-0.4, -0.2) is 61.9 Å². The van der Waals surface area contributed by atoms with E-state index in [0.29, 0.717) is 17.9 Å². The first kappa shape index (κ1) is 19.2. The number of aromatic hydroxyl groups is 1. The molecule has 0 saturated carbocycles. The lowest BCUT2D eigenvalue weighted by Crippen LogP contribution is -2.47. The number of ether oxygens (including phenoxy) is 2. The summed E-state index contributed by atoms with van der Waals surface area (Å²) in [4.78, 5) is 14.9. The highest BCUT2D eigenvalue weighted by atomic mass is 16.5. The monoisotopic (exact) mass is 370 g/mol. The Morgan fingerprint density at radius 3 is 2.70 bits per heavy atom. The average molecular weight is 370 g/mol. The maximum atomic E-state index is 12.6. The second-order valence-electron chi connectivity index (χ2n) is 6.67. The van der Waals surface area contributed by atoms with Crippen molar-refractivity contribution in [2.45, 2.75) is 13.0 Å². The van der Waals surface area contributed by atoms with Crippen LogP contribution >= 0.6 is 0 Å². The molecule has 1 fully saturated rings. The molecular formula is C21H26N2O4. The summed E-state index contributed by atoms with van der Waals surface area (Å²) in [6.45, 7) is 6.00. The molecule has 6 nitrogen and oxygen atoms in total. The number of amides is 1. The van der Waals surface area contributed by atoms with Crippen LogP contribution in [-0.2, 0) is 4.74 Å². The number of phenolic OH excluding ortho intramolecular Hbond substituents is 1. The van der Waals surface area contributed by atoms with Gasteiger partial charge in [0.2, 0.25) is 0 Å². The summed E-state index contributed by atoms with van der Waals surface area (Å²) in [6, 6.07) is 12.8. The van der Waals surface area contributed by atoms with Crippen LogP contribution in [0, 0.1) is 0 Å². The first-order chi connectivity index (χ1) is 13.1. The maximum absolute atomic E-state index is 12.6. The van der Waals surface area contributed by atoms with E-state index in [4.69, 9.17) is 9.47 Å². The molecule has 2 N–H and O–H groups in total. The molecule has 27 heavy (non-hydrogen) atoms. The zero-order chi connectivity index (χ0) is 19.2. The van der Waals surface area contributed by atoms with Crippen molar-refractivity contribution in [1.29, 1.82) is 0 Å². The van der Waals surface area contributed by atoms with Gasteiger partial charge >= 0.3 is 0 Å². The number of nitrogens with one attached hydrogen (secondary N) is 1. The van der Waals surface area contributed by atoms with Crippen LogP contribution in [0.25, 0.3) is 11.1 Å². The Kier molecular flexibility index (Phi) is 6.32. The van der Waals surface area contributed by atoms with Gasteiger partial charge in [-0.2, -0.15) is 0 Å². The number of phenols is 1. The van der Waals surface area contributed by atoms with Crippen molar-refractivity contribution < 1.29 is 19.4 Å². The van der Waals surface area contributed by atoms with Crippen LogP contribution in [0.3, 0.4) is 0 Å². The minimum absolute atomic E-state index is 0.0900. The molecule has 2 aromatic carbocycles. The quantitative estimate of drug-likeness (QED) is 0.818. The second kappa shape index (κ2) is 8.88. The molecule has 3 rings (SSSR count). The normalized spacial score (nSPS) is 15.9. The summed E-state index contributed by atoms with van der Waals surface area (Å²) in [7, 11) is 1.51. The standard InChI is InChI=1S/C21H26N2O4/c1-15(23-8-10-27-11-9-23)14-22-21(25)18-5-3-4-16(12-18)17-6-7-19(24)20(13-17)26-2/h3-7,12-13,15,24H,8-11,14H2,1-2H3,(H,22,25)/t15-/m1/s1. The van der Waals surface area contributed by atoms with Crippen molar-refractivity contribution in [3.05, 3.63) is 48.0 Å². The van der Waals surface area contributed by atoms with E-state index in [0.717, 1.165) is 37.4 Å². The molecule has 2 aromatic rings.